The van der Waals surface area contributed by atoms with E-state index in [2.05, 4.69) is 24.5 Å². The second-order valence-corrected chi connectivity index (χ2v) is 6.68. The third-order valence-electron chi connectivity index (χ3n) is 4.68. The molecule has 130 valence electrons. The molecule has 1 aliphatic heterocycles. The minimum absolute atomic E-state index is 0. The average Bonchev–Trinajstić information content (AvgIpc) is 2.53. The lowest BCUT2D eigenvalue weighted by Gasteiger charge is -2.34. The Morgan fingerprint density at radius 2 is 2.00 bits per heavy atom. The van der Waals surface area contributed by atoms with Crippen LogP contribution in [0.4, 0.5) is 0 Å². The quantitative estimate of drug-likeness (QED) is 0.836. The van der Waals surface area contributed by atoms with Gasteiger partial charge in [-0.05, 0) is 48.9 Å². The summed E-state index contributed by atoms with van der Waals surface area (Å²) < 4.78 is 5.38. The molecule has 0 saturated carbocycles. The molecule has 1 atom stereocenters. The fourth-order valence-electron chi connectivity index (χ4n) is 3.05. The summed E-state index contributed by atoms with van der Waals surface area (Å²) in [5.41, 5.74) is 1.32. The number of benzene rings is 1. The number of carbonyl (C=O) groups is 1. The first-order valence-corrected chi connectivity index (χ1v) is 8.14. The molecule has 0 aromatic heterocycles. The van der Waals surface area contributed by atoms with Gasteiger partial charge in [0.15, 0.2) is 0 Å². The Balaban J connectivity index is 0.00000264. The molecule has 4 nitrogen and oxygen atoms in total. The van der Waals surface area contributed by atoms with Crippen LogP contribution in [0, 0.1) is 5.41 Å². The summed E-state index contributed by atoms with van der Waals surface area (Å²) >= 11 is 0. The molecule has 1 aromatic carbocycles. The van der Waals surface area contributed by atoms with Crippen LogP contribution in [0.3, 0.4) is 0 Å². The van der Waals surface area contributed by atoms with Crippen molar-refractivity contribution in [2.75, 3.05) is 26.7 Å². The lowest BCUT2D eigenvalue weighted by molar-refractivity contribution is -0.122. The predicted octanol–water partition coefficient (Wildman–Crippen LogP) is 3.12. The van der Waals surface area contributed by atoms with E-state index in [-0.39, 0.29) is 29.6 Å². The van der Waals surface area contributed by atoms with E-state index in [0.717, 1.165) is 43.8 Å². The summed E-state index contributed by atoms with van der Waals surface area (Å²) in [4.78, 5) is 12.2. The van der Waals surface area contributed by atoms with Crippen molar-refractivity contribution in [2.45, 2.75) is 39.0 Å². The first-order valence-electron chi connectivity index (χ1n) is 8.14. The number of rotatable bonds is 6. The molecular weight excluding hydrogens is 312 g/mol. The molecule has 2 rings (SSSR count). The normalized spacial score (nSPS) is 17.7. The van der Waals surface area contributed by atoms with Crippen LogP contribution in [0.2, 0.25) is 0 Å². The number of piperidine rings is 1. The first-order chi connectivity index (χ1) is 10.5. The van der Waals surface area contributed by atoms with Gasteiger partial charge >= 0.3 is 0 Å². The van der Waals surface area contributed by atoms with Gasteiger partial charge in [0, 0.05) is 13.0 Å². The third kappa shape index (κ3) is 5.70. The molecule has 0 bridgehead atoms. The molecule has 1 fully saturated rings. The zero-order chi connectivity index (χ0) is 16.0. The van der Waals surface area contributed by atoms with Crippen molar-refractivity contribution in [1.82, 2.24) is 10.6 Å². The number of ether oxygens (including phenoxy) is 1. The zero-order valence-corrected chi connectivity index (χ0v) is 15.2. The maximum Gasteiger partial charge on any atom is 0.220 e. The third-order valence-corrected chi connectivity index (χ3v) is 4.68. The van der Waals surface area contributed by atoms with Crippen LogP contribution in [-0.2, 0) is 4.79 Å². The molecule has 1 heterocycles. The SMILES string of the molecule is COc1ccccc1C(C)CC(=O)NCC1(C)CCNCC1.Cl. The summed E-state index contributed by atoms with van der Waals surface area (Å²) in [6.07, 6.45) is 2.74. The minimum atomic E-state index is 0. The highest BCUT2D eigenvalue weighted by atomic mass is 35.5. The van der Waals surface area contributed by atoms with Crippen LogP contribution < -0.4 is 15.4 Å². The summed E-state index contributed by atoms with van der Waals surface area (Å²) in [7, 11) is 1.67. The lowest BCUT2D eigenvalue weighted by atomic mass is 9.81. The Morgan fingerprint density at radius 3 is 2.65 bits per heavy atom. The number of methoxy groups -OCH3 is 1. The second kappa shape index (κ2) is 9.14. The molecule has 1 saturated heterocycles. The predicted molar refractivity (Wildman–Crippen MR) is 96.5 cm³/mol. The summed E-state index contributed by atoms with van der Waals surface area (Å²) in [6.45, 7) is 7.20. The van der Waals surface area contributed by atoms with Crippen LogP contribution in [0.25, 0.3) is 0 Å². The van der Waals surface area contributed by atoms with E-state index in [0.29, 0.717) is 6.42 Å². The van der Waals surface area contributed by atoms with E-state index in [1.165, 1.54) is 0 Å². The van der Waals surface area contributed by atoms with Gasteiger partial charge in [-0.2, -0.15) is 0 Å². The molecule has 1 unspecified atom stereocenters. The smallest absolute Gasteiger partial charge is 0.220 e. The lowest BCUT2D eigenvalue weighted by Crippen LogP contribution is -2.43. The van der Waals surface area contributed by atoms with E-state index in [4.69, 9.17) is 4.74 Å². The molecule has 23 heavy (non-hydrogen) atoms. The molecule has 1 aliphatic rings. The summed E-state index contributed by atoms with van der Waals surface area (Å²) in [5.74, 6) is 1.13. The molecule has 1 amide bonds. The minimum Gasteiger partial charge on any atom is -0.496 e. The van der Waals surface area contributed by atoms with Crippen molar-refractivity contribution in [1.29, 1.82) is 0 Å². The monoisotopic (exact) mass is 340 g/mol. The maximum atomic E-state index is 12.2. The van der Waals surface area contributed by atoms with Crippen molar-refractivity contribution in [3.63, 3.8) is 0 Å². The van der Waals surface area contributed by atoms with Gasteiger partial charge < -0.3 is 15.4 Å². The standard InChI is InChI=1S/C18H28N2O2.ClH/c1-14(15-6-4-5-7-16(15)22-3)12-17(21)20-13-18(2)8-10-19-11-9-18;/h4-7,14,19H,8-13H2,1-3H3,(H,20,21);1H. The first kappa shape index (κ1) is 19.8. The zero-order valence-electron chi connectivity index (χ0n) is 14.4. The largest absolute Gasteiger partial charge is 0.496 e. The van der Waals surface area contributed by atoms with Crippen LogP contribution >= 0.6 is 12.4 Å². The number of halogens is 1. The fraction of sp³-hybridized carbons (Fsp3) is 0.611. The summed E-state index contributed by atoms with van der Waals surface area (Å²) in [6, 6.07) is 7.92. The van der Waals surface area contributed by atoms with Gasteiger partial charge in [0.05, 0.1) is 7.11 Å². The molecular formula is C18H29ClN2O2. The highest BCUT2D eigenvalue weighted by Gasteiger charge is 2.27. The van der Waals surface area contributed by atoms with E-state index in [1.807, 2.05) is 24.3 Å². The Labute approximate surface area is 145 Å². The summed E-state index contributed by atoms with van der Waals surface area (Å²) in [5, 5.41) is 6.49. The van der Waals surface area contributed by atoms with Crippen molar-refractivity contribution in [3.8, 4) is 5.75 Å². The van der Waals surface area contributed by atoms with Crippen molar-refractivity contribution < 1.29 is 9.53 Å². The van der Waals surface area contributed by atoms with Crippen molar-refractivity contribution in [3.05, 3.63) is 29.8 Å². The van der Waals surface area contributed by atoms with Crippen LogP contribution in [0.1, 0.15) is 44.6 Å². The fourth-order valence-corrected chi connectivity index (χ4v) is 3.05. The van der Waals surface area contributed by atoms with Gasteiger partial charge in [-0.3, -0.25) is 4.79 Å². The van der Waals surface area contributed by atoms with E-state index in [9.17, 15) is 4.79 Å². The molecule has 0 spiro atoms. The highest BCUT2D eigenvalue weighted by molar-refractivity contribution is 5.85. The van der Waals surface area contributed by atoms with E-state index in [1.54, 1.807) is 7.11 Å². The Bertz CT molecular complexity index is 502. The van der Waals surface area contributed by atoms with E-state index >= 15 is 0 Å². The number of amides is 1. The van der Waals surface area contributed by atoms with Crippen LogP contribution in [0.5, 0.6) is 5.75 Å². The van der Waals surface area contributed by atoms with Gasteiger partial charge in [-0.25, -0.2) is 0 Å². The number of carbonyl (C=O) groups excluding carboxylic acids is 1. The Morgan fingerprint density at radius 1 is 1.35 bits per heavy atom. The number of hydrogen-bond acceptors (Lipinski definition) is 3. The number of para-hydroxylation sites is 1. The number of nitrogens with one attached hydrogen (secondary N) is 2. The molecule has 1 aromatic rings. The molecule has 2 N–H and O–H groups in total. The van der Waals surface area contributed by atoms with Gasteiger partial charge in [-0.1, -0.05) is 32.0 Å². The van der Waals surface area contributed by atoms with Crippen molar-refractivity contribution in [2.24, 2.45) is 5.41 Å². The maximum absolute atomic E-state index is 12.2. The Hall–Kier alpha value is -1.26. The second-order valence-electron chi connectivity index (χ2n) is 6.68. The highest BCUT2D eigenvalue weighted by Crippen LogP contribution is 2.29. The Kier molecular flexibility index (Phi) is 7.86. The van der Waals surface area contributed by atoms with E-state index < -0.39 is 0 Å². The van der Waals surface area contributed by atoms with Gasteiger partial charge in [0.1, 0.15) is 5.75 Å². The van der Waals surface area contributed by atoms with Gasteiger partial charge in [0.2, 0.25) is 5.91 Å². The topological polar surface area (TPSA) is 50.4 Å². The average molecular weight is 341 g/mol. The van der Waals surface area contributed by atoms with Gasteiger partial charge in [0.25, 0.3) is 0 Å². The molecule has 0 radical (unpaired) electrons. The van der Waals surface area contributed by atoms with Crippen molar-refractivity contribution >= 4 is 18.3 Å². The van der Waals surface area contributed by atoms with Crippen LogP contribution in [-0.4, -0.2) is 32.7 Å². The molecule has 5 heteroatoms. The molecule has 0 aliphatic carbocycles. The van der Waals surface area contributed by atoms with Gasteiger partial charge in [-0.15, -0.1) is 12.4 Å². The van der Waals surface area contributed by atoms with Crippen LogP contribution in [0.15, 0.2) is 24.3 Å². The number of hydrogen-bond donors (Lipinski definition) is 2.